The zero-order chi connectivity index (χ0) is 13.7. The van der Waals surface area contributed by atoms with Crippen molar-refractivity contribution in [3.63, 3.8) is 0 Å². The lowest BCUT2D eigenvalue weighted by atomic mass is 10.1. The van der Waals surface area contributed by atoms with Crippen molar-refractivity contribution >= 4 is 6.03 Å². The normalized spacial score (nSPS) is 18.7. The molecule has 1 saturated heterocycles. The molecule has 2 amide bonds. The Hall–Kier alpha value is -2.06. The third-order valence-corrected chi connectivity index (χ3v) is 3.18. The van der Waals surface area contributed by atoms with Crippen molar-refractivity contribution < 1.29 is 4.79 Å². The van der Waals surface area contributed by atoms with Gasteiger partial charge in [0.25, 0.3) is 0 Å². The van der Waals surface area contributed by atoms with Gasteiger partial charge in [0.05, 0.1) is 11.6 Å². The molecule has 0 aromatic heterocycles. The highest BCUT2D eigenvalue weighted by Gasteiger charge is 2.19. The molecule has 5 nitrogen and oxygen atoms in total. The number of carbonyl (C=O) groups is 1. The average molecular weight is 258 g/mol. The Balaban J connectivity index is 1.84. The van der Waals surface area contributed by atoms with Crippen LogP contribution in [0, 0.1) is 11.3 Å². The summed E-state index contributed by atoms with van der Waals surface area (Å²) in [5.74, 6) is 0. The summed E-state index contributed by atoms with van der Waals surface area (Å²) < 4.78 is 0. The summed E-state index contributed by atoms with van der Waals surface area (Å²) in [6, 6.07) is 9.62. The first kappa shape index (κ1) is 13.4. The molecule has 0 saturated carbocycles. The van der Waals surface area contributed by atoms with Gasteiger partial charge in [-0.05, 0) is 24.6 Å². The van der Waals surface area contributed by atoms with Gasteiger partial charge in [0.1, 0.15) is 0 Å². The molecule has 1 atom stereocenters. The van der Waals surface area contributed by atoms with E-state index in [1.807, 2.05) is 17.0 Å². The maximum Gasteiger partial charge on any atom is 0.317 e. The molecule has 0 spiro atoms. The predicted octanol–water partition coefficient (Wildman–Crippen LogP) is 1.06. The van der Waals surface area contributed by atoms with E-state index in [1.54, 1.807) is 12.1 Å². The number of hydrogen-bond acceptors (Lipinski definition) is 3. The third-order valence-electron chi connectivity index (χ3n) is 3.18. The van der Waals surface area contributed by atoms with E-state index < -0.39 is 0 Å². The van der Waals surface area contributed by atoms with Crippen molar-refractivity contribution in [2.75, 3.05) is 19.6 Å². The molecule has 1 aliphatic rings. The third kappa shape index (κ3) is 3.70. The summed E-state index contributed by atoms with van der Waals surface area (Å²) in [5.41, 5.74) is 1.63. The number of carbonyl (C=O) groups excluding carboxylic acids is 1. The monoisotopic (exact) mass is 258 g/mol. The van der Waals surface area contributed by atoms with Crippen LogP contribution in [0.4, 0.5) is 4.79 Å². The summed E-state index contributed by atoms with van der Waals surface area (Å²) >= 11 is 0. The highest BCUT2D eigenvalue weighted by Crippen LogP contribution is 2.04. The molecule has 100 valence electrons. The Morgan fingerprint density at radius 1 is 1.53 bits per heavy atom. The van der Waals surface area contributed by atoms with Crippen LogP contribution >= 0.6 is 0 Å². The van der Waals surface area contributed by atoms with Gasteiger partial charge >= 0.3 is 6.03 Å². The number of benzene rings is 1. The number of nitriles is 1. The molecule has 5 heteroatoms. The van der Waals surface area contributed by atoms with E-state index in [-0.39, 0.29) is 6.03 Å². The van der Waals surface area contributed by atoms with Crippen LogP contribution in [-0.4, -0.2) is 36.6 Å². The highest BCUT2D eigenvalue weighted by molar-refractivity contribution is 5.74. The Morgan fingerprint density at radius 2 is 2.26 bits per heavy atom. The summed E-state index contributed by atoms with van der Waals surface area (Å²) in [6.07, 6.45) is 0. The second-order valence-corrected chi connectivity index (χ2v) is 4.77. The lowest BCUT2D eigenvalue weighted by molar-refractivity contribution is 0.179. The van der Waals surface area contributed by atoms with Crippen LogP contribution in [-0.2, 0) is 6.54 Å². The zero-order valence-electron chi connectivity index (χ0n) is 11.0. The predicted molar refractivity (Wildman–Crippen MR) is 72.4 cm³/mol. The first-order valence-corrected chi connectivity index (χ1v) is 6.44. The zero-order valence-corrected chi connectivity index (χ0v) is 11.0. The Labute approximate surface area is 113 Å². The SMILES string of the molecule is CC1CN(C(=O)NCc2ccc(C#N)cc2)CCN1. The van der Waals surface area contributed by atoms with Crippen molar-refractivity contribution in [3.05, 3.63) is 35.4 Å². The largest absolute Gasteiger partial charge is 0.334 e. The average Bonchev–Trinajstić information content (AvgIpc) is 2.45. The van der Waals surface area contributed by atoms with Crippen molar-refractivity contribution in [2.45, 2.75) is 19.5 Å². The molecule has 0 bridgehead atoms. The fraction of sp³-hybridized carbons (Fsp3) is 0.429. The van der Waals surface area contributed by atoms with Crippen LogP contribution in [0.1, 0.15) is 18.1 Å². The molecule has 2 rings (SSSR count). The van der Waals surface area contributed by atoms with Crippen molar-refractivity contribution in [1.82, 2.24) is 15.5 Å². The molecule has 1 aromatic carbocycles. The van der Waals surface area contributed by atoms with E-state index in [9.17, 15) is 4.79 Å². The molecule has 1 aliphatic heterocycles. The van der Waals surface area contributed by atoms with Crippen LogP contribution in [0.3, 0.4) is 0 Å². The number of hydrogen-bond donors (Lipinski definition) is 2. The van der Waals surface area contributed by atoms with Crippen molar-refractivity contribution in [3.8, 4) is 6.07 Å². The van der Waals surface area contributed by atoms with Crippen LogP contribution in [0.15, 0.2) is 24.3 Å². The molecule has 0 radical (unpaired) electrons. The first-order valence-electron chi connectivity index (χ1n) is 6.44. The van der Waals surface area contributed by atoms with E-state index in [2.05, 4.69) is 23.6 Å². The Kier molecular flexibility index (Phi) is 4.37. The lowest BCUT2D eigenvalue weighted by Crippen LogP contribution is -2.53. The number of urea groups is 1. The van der Waals surface area contributed by atoms with E-state index in [4.69, 9.17) is 5.26 Å². The summed E-state index contributed by atoms with van der Waals surface area (Å²) in [6.45, 7) is 4.87. The fourth-order valence-electron chi connectivity index (χ4n) is 2.10. The molecular weight excluding hydrogens is 240 g/mol. The molecule has 0 aliphatic carbocycles. The number of rotatable bonds is 2. The Bertz CT molecular complexity index is 477. The van der Waals surface area contributed by atoms with Gasteiger partial charge in [-0.15, -0.1) is 0 Å². The van der Waals surface area contributed by atoms with Gasteiger partial charge in [-0.1, -0.05) is 12.1 Å². The van der Waals surface area contributed by atoms with Crippen molar-refractivity contribution in [1.29, 1.82) is 5.26 Å². The van der Waals surface area contributed by atoms with Gasteiger partial charge in [0.15, 0.2) is 0 Å². The van der Waals surface area contributed by atoms with Crippen LogP contribution < -0.4 is 10.6 Å². The maximum absolute atomic E-state index is 12.0. The first-order chi connectivity index (χ1) is 9.19. The molecule has 1 aromatic rings. The van der Waals surface area contributed by atoms with Gasteiger partial charge in [-0.3, -0.25) is 0 Å². The molecular formula is C14H18N4O. The molecule has 2 N–H and O–H groups in total. The lowest BCUT2D eigenvalue weighted by Gasteiger charge is -2.31. The number of nitrogens with zero attached hydrogens (tertiary/aromatic N) is 2. The maximum atomic E-state index is 12.0. The van der Waals surface area contributed by atoms with Crippen molar-refractivity contribution in [2.24, 2.45) is 0 Å². The smallest absolute Gasteiger partial charge is 0.317 e. The number of nitrogens with one attached hydrogen (secondary N) is 2. The topological polar surface area (TPSA) is 68.2 Å². The van der Waals surface area contributed by atoms with Gasteiger partial charge in [-0.2, -0.15) is 5.26 Å². The second-order valence-electron chi connectivity index (χ2n) is 4.77. The molecule has 1 heterocycles. The standard InChI is InChI=1S/C14H18N4O/c1-11-10-18(7-6-16-11)14(19)17-9-13-4-2-12(8-15)3-5-13/h2-5,11,16H,6-7,9-10H2,1H3,(H,17,19). The van der Waals surface area contributed by atoms with Gasteiger partial charge < -0.3 is 15.5 Å². The Morgan fingerprint density at radius 3 is 2.89 bits per heavy atom. The minimum absolute atomic E-state index is 0.0299. The van der Waals surface area contributed by atoms with Gasteiger partial charge in [-0.25, -0.2) is 4.79 Å². The molecule has 1 fully saturated rings. The number of piperazine rings is 1. The summed E-state index contributed by atoms with van der Waals surface area (Å²) in [4.78, 5) is 13.8. The van der Waals surface area contributed by atoms with E-state index >= 15 is 0 Å². The molecule has 19 heavy (non-hydrogen) atoms. The van der Waals surface area contributed by atoms with E-state index in [0.29, 0.717) is 18.2 Å². The minimum Gasteiger partial charge on any atom is -0.334 e. The van der Waals surface area contributed by atoms with Gasteiger partial charge in [0, 0.05) is 32.2 Å². The summed E-state index contributed by atoms with van der Waals surface area (Å²) in [5, 5.41) is 14.9. The molecule has 1 unspecified atom stereocenters. The fourth-order valence-corrected chi connectivity index (χ4v) is 2.10. The van der Waals surface area contributed by atoms with Crippen LogP contribution in [0.2, 0.25) is 0 Å². The highest BCUT2D eigenvalue weighted by atomic mass is 16.2. The quantitative estimate of drug-likeness (QED) is 0.833. The second kappa shape index (κ2) is 6.21. The van der Waals surface area contributed by atoms with Crippen LogP contribution in [0.5, 0.6) is 0 Å². The van der Waals surface area contributed by atoms with E-state index in [0.717, 1.165) is 25.2 Å². The van der Waals surface area contributed by atoms with Gasteiger partial charge in [0.2, 0.25) is 0 Å². The van der Waals surface area contributed by atoms with Crippen LogP contribution in [0.25, 0.3) is 0 Å². The minimum atomic E-state index is -0.0299. The summed E-state index contributed by atoms with van der Waals surface area (Å²) in [7, 11) is 0. The number of amides is 2. The van der Waals surface area contributed by atoms with E-state index in [1.165, 1.54) is 0 Å².